The smallest absolute Gasteiger partial charge is 0.248 e. The van der Waals surface area contributed by atoms with Crippen molar-refractivity contribution in [1.29, 1.82) is 0 Å². The van der Waals surface area contributed by atoms with Gasteiger partial charge >= 0.3 is 0 Å². The number of rotatable bonds is 5. The Bertz CT molecular complexity index is 1360. The number of methoxy groups -OCH3 is 1. The van der Waals surface area contributed by atoms with Crippen LogP contribution in [-0.4, -0.2) is 33.2 Å². The summed E-state index contributed by atoms with van der Waals surface area (Å²) < 4.78 is 11.4. The molecular weight excluding hydrogens is 382 g/mol. The van der Waals surface area contributed by atoms with Crippen molar-refractivity contribution >= 4 is 33.5 Å². The fourth-order valence-electron chi connectivity index (χ4n) is 3.35. The number of furan rings is 1. The van der Waals surface area contributed by atoms with E-state index in [1.54, 1.807) is 13.2 Å². The van der Waals surface area contributed by atoms with Gasteiger partial charge < -0.3 is 14.5 Å². The lowest BCUT2D eigenvalue weighted by atomic mass is 10.1. The molecule has 148 valence electrons. The van der Waals surface area contributed by atoms with Crippen LogP contribution in [0.1, 0.15) is 0 Å². The minimum Gasteiger partial charge on any atom is -0.495 e. The summed E-state index contributed by atoms with van der Waals surface area (Å²) in [6.45, 7) is -0.0822. The molecule has 0 atom stereocenters. The second kappa shape index (κ2) is 7.32. The van der Waals surface area contributed by atoms with E-state index in [1.165, 1.54) is 4.80 Å². The number of anilines is 1. The van der Waals surface area contributed by atoms with E-state index in [2.05, 4.69) is 20.7 Å². The highest BCUT2D eigenvalue weighted by molar-refractivity contribution is 6.07. The molecule has 30 heavy (non-hydrogen) atoms. The van der Waals surface area contributed by atoms with Crippen LogP contribution >= 0.6 is 0 Å². The zero-order chi connectivity index (χ0) is 20.5. The van der Waals surface area contributed by atoms with Crippen molar-refractivity contribution in [2.24, 2.45) is 0 Å². The Hall–Kier alpha value is -4.20. The van der Waals surface area contributed by atoms with Gasteiger partial charge in [0, 0.05) is 22.4 Å². The van der Waals surface area contributed by atoms with Crippen LogP contribution in [-0.2, 0) is 11.3 Å². The molecule has 2 aromatic heterocycles. The van der Waals surface area contributed by atoms with Crippen molar-refractivity contribution < 1.29 is 13.9 Å². The normalized spacial score (nSPS) is 11.1. The van der Waals surface area contributed by atoms with E-state index < -0.39 is 0 Å². The van der Waals surface area contributed by atoms with Gasteiger partial charge in [0.2, 0.25) is 11.7 Å². The number of hydrogen-bond donors (Lipinski definition) is 1. The highest BCUT2D eigenvalue weighted by Crippen LogP contribution is 2.36. The fraction of sp³-hybridized carbons (Fsp3) is 0.0909. The molecular formula is C22H17N5O3. The van der Waals surface area contributed by atoms with E-state index in [0.29, 0.717) is 22.8 Å². The highest BCUT2D eigenvalue weighted by Gasteiger charge is 2.15. The maximum Gasteiger partial charge on any atom is 0.248 e. The Balaban J connectivity index is 1.39. The van der Waals surface area contributed by atoms with Crippen molar-refractivity contribution in [1.82, 2.24) is 20.2 Å². The molecule has 5 aromatic rings. The number of aromatic nitrogens is 4. The number of nitrogens with zero attached hydrogens (tertiary/aromatic N) is 4. The standard InChI is InChI=1S/C22H17N5O3/c1-29-20-11-16-15-9-5-6-10-18(15)30-19(16)12-17(20)23-21(28)13-27-25-22(24-26-27)14-7-3-2-4-8-14/h2-12H,13H2,1H3,(H,23,28). The molecule has 0 aliphatic carbocycles. The van der Waals surface area contributed by atoms with Gasteiger partial charge in [-0.05, 0) is 17.3 Å². The first-order chi connectivity index (χ1) is 14.7. The van der Waals surface area contributed by atoms with Gasteiger partial charge in [0.05, 0.1) is 12.8 Å². The largest absolute Gasteiger partial charge is 0.495 e. The molecule has 0 unspecified atom stereocenters. The number of benzene rings is 3. The van der Waals surface area contributed by atoms with Gasteiger partial charge in [-0.3, -0.25) is 4.79 Å². The number of fused-ring (bicyclic) bond motifs is 3. The lowest BCUT2D eigenvalue weighted by Gasteiger charge is -2.10. The Morgan fingerprint density at radius 1 is 1.03 bits per heavy atom. The molecule has 0 saturated carbocycles. The topological polar surface area (TPSA) is 95.1 Å². The van der Waals surface area contributed by atoms with E-state index in [1.807, 2.05) is 60.7 Å². The molecule has 2 heterocycles. The number of amides is 1. The van der Waals surface area contributed by atoms with E-state index >= 15 is 0 Å². The Labute approximate surface area is 171 Å². The van der Waals surface area contributed by atoms with E-state index in [-0.39, 0.29) is 12.5 Å². The SMILES string of the molecule is COc1cc2c(cc1NC(=O)Cn1nnc(-c3ccccc3)n1)oc1ccccc12. The number of nitrogens with one attached hydrogen (secondary N) is 1. The summed E-state index contributed by atoms with van der Waals surface area (Å²) in [5, 5.41) is 17.0. The first kappa shape index (κ1) is 17.9. The van der Waals surface area contributed by atoms with Crippen LogP contribution in [0.25, 0.3) is 33.3 Å². The van der Waals surface area contributed by atoms with Crippen LogP contribution < -0.4 is 10.1 Å². The summed E-state index contributed by atoms with van der Waals surface area (Å²) >= 11 is 0. The van der Waals surface area contributed by atoms with Gasteiger partial charge in [-0.15, -0.1) is 10.2 Å². The van der Waals surface area contributed by atoms with Crippen LogP contribution in [0.4, 0.5) is 5.69 Å². The Morgan fingerprint density at radius 3 is 2.67 bits per heavy atom. The van der Waals surface area contributed by atoms with E-state index in [0.717, 1.165) is 21.9 Å². The third-order valence-corrected chi connectivity index (χ3v) is 4.74. The quantitative estimate of drug-likeness (QED) is 0.482. The molecule has 0 aliphatic heterocycles. The molecule has 0 bridgehead atoms. The minimum absolute atomic E-state index is 0.0822. The Kier molecular flexibility index (Phi) is 4.36. The second-order valence-corrected chi connectivity index (χ2v) is 6.70. The monoisotopic (exact) mass is 399 g/mol. The van der Waals surface area contributed by atoms with E-state index in [9.17, 15) is 4.79 Å². The van der Waals surface area contributed by atoms with Gasteiger partial charge in [-0.2, -0.15) is 4.80 Å². The molecule has 0 spiro atoms. The zero-order valence-electron chi connectivity index (χ0n) is 16.1. The highest BCUT2D eigenvalue weighted by atomic mass is 16.5. The molecule has 0 fully saturated rings. The number of ether oxygens (including phenoxy) is 1. The van der Waals surface area contributed by atoms with Crippen LogP contribution in [0.3, 0.4) is 0 Å². The number of tetrazole rings is 1. The van der Waals surface area contributed by atoms with Crippen molar-refractivity contribution in [2.75, 3.05) is 12.4 Å². The summed E-state index contributed by atoms with van der Waals surface area (Å²) in [4.78, 5) is 13.8. The third-order valence-electron chi connectivity index (χ3n) is 4.74. The number of hydrogen-bond acceptors (Lipinski definition) is 6. The first-order valence-electron chi connectivity index (χ1n) is 9.33. The van der Waals surface area contributed by atoms with Crippen LogP contribution in [0.15, 0.2) is 71.1 Å². The molecule has 1 N–H and O–H groups in total. The van der Waals surface area contributed by atoms with Crippen LogP contribution in [0, 0.1) is 0 Å². The molecule has 3 aromatic carbocycles. The van der Waals surface area contributed by atoms with Gasteiger partial charge in [-0.25, -0.2) is 0 Å². The number of carbonyl (C=O) groups is 1. The van der Waals surface area contributed by atoms with Crippen molar-refractivity contribution in [3.63, 3.8) is 0 Å². The third kappa shape index (κ3) is 3.24. The zero-order valence-corrected chi connectivity index (χ0v) is 16.1. The lowest BCUT2D eigenvalue weighted by Crippen LogP contribution is -2.20. The maximum absolute atomic E-state index is 12.6. The molecule has 8 heteroatoms. The average Bonchev–Trinajstić information content (AvgIpc) is 3.37. The Morgan fingerprint density at radius 2 is 1.83 bits per heavy atom. The van der Waals surface area contributed by atoms with Crippen molar-refractivity contribution in [3.05, 3.63) is 66.7 Å². The molecule has 1 amide bonds. The molecule has 8 nitrogen and oxygen atoms in total. The molecule has 0 radical (unpaired) electrons. The number of carbonyl (C=O) groups excluding carboxylic acids is 1. The summed E-state index contributed by atoms with van der Waals surface area (Å²) in [6.07, 6.45) is 0. The summed E-state index contributed by atoms with van der Waals surface area (Å²) in [5.74, 6) is 0.698. The first-order valence-corrected chi connectivity index (χ1v) is 9.33. The summed E-state index contributed by atoms with van der Waals surface area (Å²) in [5.41, 5.74) is 2.79. The van der Waals surface area contributed by atoms with Crippen molar-refractivity contribution in [3.8, 4) is 17.1 Å². The number of para-hydroxylation sites is 1. The fourth-order valence-corrected chi connectivity index (χ4v) is 3.35. The van der Waals surface area contributed by atoms with Gasteiger partial charge in [-0.1, -0.05) is 48.5 Å². The summed E-state index contributed by atoms with van der Waals surface area (Å²) in [6, 6.07) is 20.8. The van der Waals surface area contributed by atoms with Gasteiger partial charge in [0.15, 0.2) is 0 Å². The van der Waals surface area contributed by atoms with Gasteiger partial charge in [0.1, 0.15) is 23.5 Å². The van der Waals surface area contributed by atoms with E-state index in [4.69, 9.17) is 9.15 Å². The van der Waals surface area contributed by atoms with Crippen LogP contribution in [0.2, 0.25) is 0 Å². The minimum atomic E-state index is -0.305. The van der Waals surface area contributed by atoms with Gasteiger partial charge in [0.25, 0.3) is 0 Å². The lowest BCUT2D eigenvalue weighted by molar-refractivity contribution is -0.117. The molecule has 0 saturated heterocycles. The predicted octanol–water partition coefficient (Wildman–Crippen LogP) is 3.89. The molecule has 0 aliphatic rings. The maximum atomic E-state index is 12.6. The average molecular weight is 399 g/mol. The van der Waals surface area contributed by atoms with Crippen molar-refractivity contribution in [2.45, 2.75) is 6.54 Å². The van der Waals surface area contributed by atoms with Crippen LogP contribution in [0.5, 0.6) is 5.75 Å². The molecule has 5 rings (SSSR count). The second-order valence-electron chi connectivity index (χ2n) is 6.70. The predicted molar refractivity (Wildman–Crippen MR) is 112 cm³/mol. The summed E-state index contributed by atoms with van der Waals surface area (Å²) in [7, 11) is 1.56.